The predicted molar refractivity (Wildman–Crippen MR) is 121 cm³/mol. The minimum Gasteiger partial charge on any atom is -0.426 e. The number of hydrogen-bond donors (Lipinski definition) is 0. The Hall–Kier alpha value is -2.88. The molecule has 30 heavy (non-hydrogen) atoms. The molecule has 2 aromatic carbocycles. The number of ether oxygens (including phenoxy) is 2. The maximum Gasteiger partial charge on any atom is 0.338 e. The topological polar surface area (TPSA) is 52.6 Å². The highest BCUT2D eigenvalue weighted by atomic mass is 16.5. The van der Waals surface area contributed by atoms with Gasteiger partial charge in [0, 0.05) is 5.57 Å². The second-order valence-corrected chi connectivity index (χ2v) is 7.89. The fourth-order valence-electron chi connectivity index (χ4n) is 3.06. The van der Waals surface area contributed by atoms with Gasteiger partial charge in [0.05, 0.1) is 5.92 Å². The van der Waals surface area contributed by atoms with Gasteiger partial charge in [-0.2, -0.15) is 0 Å². The van der Waals surface area contributed by atoms with Gasteiger partial charge in [-0.25, -0.2) is 4.79 Å². The van der Waals surface area contributed by atoms with Crippen LogP contribution in [-0.4, -0.2) is 11.9 Å². The molecule has 0 saturated heterocycles. The zero-order chi connectivity index (χ0) is 22.3. The number of carbonyl (C=O) groups is 2. The van der Waals surface area contributed by atoms with E-state index < -0.39 is 5.97 Å². The average molecular weight is 409 g/mol. The van der Waals surface area contributed by atoms with E-state index in [4.69, 9.17) is 9.47 Å². The van der Waals surface area contributed by atoms with Gasteiger partial charge in [-0.3, -0.25) is 4.79 Å². The summed E-state index contributed by atoms with van der Waals surface area (Å²) in [6, 6.07) is 11.8. The van der Waals surface area contributed by atoms with E-state index in [1.165, 1.54) is 0 Å². The molecule has 0 atom stereocenters. The summed E-state index contributed by atoms with van der Waals surface area (Å²) in [7, 11) is 0. The first-order valence-corrected chi connectivity index (χ1v) is 10.6. The minimum absolute atomic E-state index is 0.176. The summed E-state index contributed by atoms with van der Waals surface area (Å²) in [6.07, 6.45) is 3.52. The van der Waals surface area contributed by atoms with Gasteiger partial charge in [-0.15, -0.1) is 0 Å². The monoisotopic (exact) mass is 408 g/mol. The van der Waals surface area contributed by atoms with Crippen LogP contribution in [0.2, 0.25) is 0 Å². The van der Waals surface area contributed by atoms with Crippen LogP contribution in [0.5, 0.6) is 11.5 Å². The van der Waals surface area contributed by atoms with Crippen molar-refractivity contribution in [3.63, 3.8) is 0 Å². The van der Waals surface area contributed by atoms with Crippen LogP contribution in [-0.2, 0) is 22.4 Å². The molecule has 0 fully saturated rings. The summed E-state index contributed by atoms with van der Waals surface area (Å²) in [4.78, 5) is 24.0. The van der Waals surface area contributed by atoms with Crippen molar-refractivity contribution in [2.75, 3.05) is 0 Å². The lowest BCUT2D eigenvalue weighted by molar-refractivity contribution is -0.137. The third-order valence-corrected chi connectivity index (χ3v) is 4.73. The van der Waals surface area contributed by atoms with Crippen LogP contribution < -0.4 is 9.47 Å². The van der Waals surface area contributed by atoms with Gasteiger partial charge >= 0.3 is 11.9 Å². The Kier molecular flexibility index (Phi) is 8.40. The van der Waals surface area contributed by atoms with E-state index in [1.807, 2.05) is 38.1 Å². The van der Waals surface area contributed by atoms with E-state index in [0.29, 0.717) is 17.1 Å². The van der Waals surface area contributed by atoms with Gasteiger partial charge in [0.2, 0.25) is 0 Å². The predicted octanol–water partition coefficient (Wildman–Crippen LogP) is 6.30. The van der Waals surface area contributed by atoms with Gasteiger partial charge < -0.3 is 9.47 Å². The first kappa shape index (κ1) is 23.4. The lowest BCUT2D eigenvalue weighted by Gasteiger charge is -2.15. The molecule has 0 aliphatic heterocycles. The second kappa shape index (κ2) is 10.8. The molecular formula is C26H32O4. The lowest BCUT2D eigenvalue weighted by Crippen LogP contribution is -2.15. The van der Waals surface area contributed by atoms with Crippen molar-refractivity contribution in [1.82, 2.24) is 0 Å². The Labute approximate surface area is 179 Å². The van der Waals surface area contributed by atoms with Gasteiger partial charge in [0.25, 0.3) is 0 Å². The molecule has 0 aromatic heterocycles. The zero-order valence-electron chi connectivity index (χ0n) is 18.7. The van der Waals surface area contributed by atoms with Gasteiger partial charge in [-0.05, 0) is 66.3 Å². The fraction of sp³-hybridized carbons (Fsp3) is 0.385. The molecule has 0 amide bonds. The molecule has 0 aliphatic rings. The van der Waals surface area contributed by atoms with E-state index in [1.54, 1.807) is 6.92 Å². The quantitative estimate of drug-likeness (QED) is 0.277. The fourth-order valence-corrected chi connectivity index (χ4v) is 3.06. The average Bonchev–Trinajstić information content (AvgIpc) is 2.70. The third-order valence-electron chi connectivity index (χ3n) is 4.73. The Morgan fingerprint density at radius 1 is 0.867 bits per heavy atom. The molecule has 2 rings (SSSR count). The smallest absolute Gasteiger partial charge is 0.338 e. The van der Waals surface area contributed by atoms with Crippen LogP contribution in [0.25, 0.3) is 11.1 Å². The van der Waals surface area contributed by atoms with Crippen molar-refractivity contribution >= 4 is 11.9 Å². The first-order chi connectivity index (χ1) is 14.3. The van der Waals surface area contributed by atoms with E-state index >= 15 is 0 Å². The molecule has 0 radical (unpaired) electrons. The Bertz CT molecular complexity index is 925. The van der Waals surface area contributed by atoms with E-state index in [0.717, 1.165) is 47.9 Å². The first-order valence-electron chi connectivity index (χ1n) is 10.6. The van der Waals surface area contributed by atoms with Crippen LogP contribution >= 0.6 is 0 Å². The summed E-state index contributed by atoms with van der Waals surface area (Å²) in [5.74, 6) is 0.380. The SMILES string of the molecule is C=C(C)C(=O)Oc1ccc(-c2ccc(OC(=O)C(C)C)c(CCC)c2)cc1CCC. The van der Waals surface area contributed by atoms with E-state index in [9.17, 15) is 9.59 Å². The maximum absolute atomic E-state index is 12.0. The van der Waals surface area contributed by atoms with Gasteiger partial charge in [0.1, 0.15) is 11.5 Å². The Balaban J connectivity index is 2.40. The van der Waals surface area contributed by atoms with Crippen molar-refractivity contribution in [2.45, 2.75) is 60.3 Å². The van der Waals surface area contributed by atoms with Crippen LogP contribution in [0, 0.1) is 5.92 Å². The number of aryl methyl sites for hydroxylation is 2. The molecule has 0 saturated carbocycles. The number of hydrogen-bond acceptors (Lipinski definition) is 4. The molecule has 0 aliphatic carbocycles. The van der Waals surface area contributed by atoms with Crippen molar-refractivity contribution in [3.05, 3.63) is 59.7 Å². The van der Waals surface area contributed by atoms with Crippen molar-refractivity contribution < 1.29 is 19.1 Å². The standard InChI is InChI=1S/C26H32O4/c1-7-9-21-15-19(11-13-23(21)29-25(27)17(3)4)20-12-14-24(22(16-20)10-8-2)30-26(28)18(5)6/h11-16,18H,3,7-10H2,1-2,4-6H3. The molecule has 0 spiro atoms. The minimum atomic E-state index is -0.415. The summed E-state index contributed by atoms with van der Waals surface area (Å²) >= 11 is 0. The number of benzene rings is 2. The Morgan fingerprint density at radius 3 is 1.73 bits per heavy atom. The van der Waals surface area contributed by atoms with Crippen molar-refractivity contribution in [3.8, 4) is 22.6 Å². The highest BCUT2D eigenvalue weighted by molar-refractivity contribution is 5.89. The normalized spacial score (nSPS) is 10.7. The Morgan fingerprint density at radius 2 is 1.33 bits per heavy atom. The number of carbonyl (C=O) groups excluding carboxylic acids is 2. The molecule has 2 aromatic rings. The van der Waals surface area contributed by atoms with Crippen LogP contribution in [0.3, 0.4) is 0 Å². The molecule has 0 unspecified atom stereocenters. The molecule has 0 bridgehead atoms. The van der Waals surface area contributed by atoms with Crippen LogP contribution in [0.4, 0.5) is 0 Å². The zero-order valence-corrected chi connectivity index (χ0v) is 18.7. The van der Waals surface area contributed by atoms with Gasteiger partial charge in [-0.1, -0.05) is 59.2 Å². The molecule has 0 N–H and O–H groups in total. The lowest BCUT2D eigenvalue weighted by atomic mass is 9.97. The van der Waals surface area contributed by atoms with E-state index in [2.05, 4.69) is 32.6 Å². The molecular weight excluding hydrogens is 376 g/mol. The van der Waals surface area contributed by atoms with Crippen LogP contribution in [0.15, 0.2) is 48.6 Å². The van der Waals surface area contributed by atoms with Crippen molar-refractivity contribution in [1.29, 1.82) is 0 Å². The highest BCUT2D eigenvalue weighted by Gasteiger charge is 2.15. The molecule has 4 heteroatoms. The van der Waals surface area contributed by atoms with Crippen molar-refractivity contribution in [2.24, 2.45) is 5.92 Å². The number of esters is 2. The highest BCUT2D eigenvalue weighted by Crippen LogP contribution is 2.32. The summed E-state index contributed by atoms with van der Waals surface area (Å²) in [6.45, 7) is 13.1. The summed E-state index contributed by atoms with van der Waals surface area (Å²) in [5.41, 5.74) is 4.44. The third kappa shape index (κ3) is 6.06. The largest absolute Gasteiger partial charge is 0.426 e. The molecule has 160 valence electrons. The maximum atomic E-state index is 12.0. The summed E-state index contributed by atoms with van der Waals surface area (Å²) < 4.78 is 11.1. The van der Waals surface area contributed by atoms with Gasteiger partial charge in [0.15, 0.2) is 0 Å². The van der Waals surface area contributed by atoms with E-state index in [-0.39, 0.29) is 11.9 Å². The molecule has 0 heterocycles. The number of rotatable bonds is 9. The second-order valence-electron chi connectivity index (χ2n) is 7.89. The summed E-state index contributed by atoms with van der Waals surface area (Å²) in [5, 5.41) is 0. The van der Waals surface area contributed by atoms with Crippen LogP contribution in [0.1, 0.15) is 58.6 Å². The molecule has 4 nitrogen and oxygen atoms in total.